The van der Waals surface area contributed by atoms with E-state index in [1.165, 1.54) is 0 Å². The fourth-order valence-corrected chi connectivity index (χ4v) is 1.16. The molecule has 2 heteroatoms. The maximum Gasteiger partial charge on any atom is 0.243 e. The van der Waals surface area contributed by atoms with Gasteiger partial charge in [0.2, 0.25) is 5.91 Å². The minimum Gasteiger partial charge on any atom is -0.350 e. The lowest BCUT2D eigenvalue weighted by atomic mass is 10.2. The van der Waals surface area contributed by atoms with Crippen molar-refractivity contribution >= 4 is 5.91 Å². The van der Waals surface area contributed by atoms with E-state index >= 15 is 0 Å². The highest BCUT2D eigenvalue weighted by atomic mass is 16.1. The van der Waals surface area contributed by atoms with E-state index in [0.29, 0.717) is 0 Å². The van der Waals surface area contributed by atoms with Crippen molar-refractivity contribution in [3.8, 4) is 0 Å². The topological polar surface area (TPSA) is 29.1 Å². The molecule has 0 fully saturated rings. The number of rotatable bonds is 7. The average Bonchev–Trinajstić information content (AvgIpc) is 2.21. The second-order valence-electron chi connectivity index (χ2n) is 3.95. The summed E-state index contributed by atoms with van der Waals surface area (Å²) in [6, 6.07) is 0.209. The number of unbranched alkanes of at least 4 members (excludes halogenated alkanes) is 2. The van der Waals surface area contributed by atoms with Crippen molar-refractivity contribution in [2.24, 2.45) is 0 Å². The van der Waals surface area contributed by atoms with E-state index in [9.17, 15) is 4.79 Å². The Morgan fingerprint density at radius 3 is 2.50 bits per heavy atom. The van der Waals surface area contributed by atoms with E-state index < -0.39 is 0 Å². The monoisotopic (exact) mass is 221 g/mol. The number of carbonyl (C=O) groups is 1. The predicted molar refractivity (Wildman–Crippen MR) is 70.2 cm³/mol. The van der Waals surface area contributed by atoms with E-state index in [1.54, 1.807) is 6.08 Å². The van der Waals surface area contributed by atoms with Crippen molar-refractivity contribution in [2.45, 2.75) is 46.1 Å². The Bertz CT molecular complexity index is 262. The van der Waals surface area contributed by atoms with Crippen LogP contribution < -0.4 is 5.32 Å². The SMILES string of the molecule is CC=CC=CCCCC=CC(=O)NC(C)C. The molecule has 90 valence electrons. The lowest BCUT2D eigenvalue weighted by Gasteiger charge is -2.03. The summed E-state index contributed by atoms with van der Waals surface area (Å²) in [7, 11) is 0. The molecule has 0 rings (SSSR count). The van der Waals surface area contributed by atoms with Gasteiger partial charge in [-0.1, -0.05) is 30.4 Å². The van der Waals surface area contributed by atoms with Crippen LogP contribution in [0.5, 0.6) is 0 Å². The Balaban J connectivity index is 3.51. The number of hydrogen-bond acceptors (Lipinski definition) is 1. The summed E-state index contributed by atoms with van der Waals surface area (Å²) in [5.41, 5.74) is 0. The molecule has 0 aliphatic carbocycles. The first-order valence-corrected chi connectivity index (χ1v) is 5.91. The number of nitrogens with one attached hydrogen (secondary N) is 1. The highest BCUT2D eigenvalue weighted by Gasteiger charge is 1.95. The molecule has 16 heavy (non-hydrogen) atoms. The molecule has 0 saturated carbocycles. The number of allylic oxidation sites excluding steroid dienone is 5. The van der Waals surface area contributed by atoms with Gasteiger partial charge < -0.3 is 5.32 Å². The van der Waals surface area contributed by atoms with E-state index in [-0.39, 0.29) is 11.9 Å². The van der Waals surface area contributed by atoms with Crippen LogP contribution in [-0.4, -0.2) is 11.9 Å². The Labute approximate surface area is 99.1 Å². The Kier molecular flexibility index (Phi) is 9.38. The minimum atomic E-state index is -0.000501. The zero-order valence-corrected chi connectivity index (χ0v) is 10.6. The zero-order chi connectivity index (χ0) is 12.2. The Morgan fingerprint density at radius 2 is 1.88 bits per heavy atom. The first kappa shape index (κ1) is 14.7. The summed E-state index contributed by atoms with van der Waals surface area (Å²) in [6.07, 6.45) is 14.9. The average molecular weight is 221 g/mol. The third kappa shape index (κ3) is 10.8. The maximum absolute atomic E-state index is 11.2. The molecule has 0 aromatic rings. The molecule has 0 spiro atoms. The molecule has 0 bridgehead atoms. The van der Waals surface area contributed by atoms with Gasteiger partial charge >= 0.3 is 0 Å². The highest BCUT2D eigenvalue weighted by molar-refractivity contribution is 5.87. The predicted octanol–water partition coefficient (Wildman–Crippen LogP) is 3.37. The first-order chi connectivity index (χ1) is 7.66. The fraction of sp³-hybridized carbons (Fsp3) is 0.500. The zero-order valence-electron chi connectivity index (χ0n) is 10.6. The molecule has 0 heterocycles. The van der Waals surface area contributed by atoms with Crippen LogP contribution in [0, 0.1) is 0 Å². The van der Waals surface area contributed by atoms with E-state index in [4.69, 9.17) is 0 Å². The normalized spacial score (nSPS) is 12.2. The van der Waals surface area contributed by atoms with Gasteiger partial charge in [0.05, 0.1) is 0 Å². The van der Waals surface area contributed by atoms with Gasteiger partial charge in [0.25, 0.3) is 0 Å². The second kappa shape index (κ2) is 10.2. The van der Waals surface area contributed by atoms with Gasteiger partial charge in [-0.3, -0.25) is 4.79 Å². The molecule has 0 aliphatic rings. The van der Waals surface area contributed by atoms with Gasteiger partial charge in [0.15, 0.2) is 0 Å². The lowest BCUT2D eigenvalue weighted by molar-refractivity contribution is -0.116. The molecule has 0 aromatic carbocycles. The third-order valence-electron chi connectivity index (χ3n) is 1.88. The summed E-state index contributed by atoms with van der Waals surface area (Å²) in [5.74, 6) is -0.000501. The maximum atomic E-state index is 11.2. The van der Waals surface area contributed by atoms with Crippen molar-refractivity contribution in [3.63, 3.8) is 0 Å². The van der Waals surface area contributed by atoms with Crippen molar-refractivity contribution in [3.05, 3.63) is 36.5 Å². The molecule has 0 aliphatic heterocycles. The van der Waals surface area contributed by atoms with Crippen LogP contribution in [0.25, 0.3) is 0 Å². The summed E-state index contributed by atoms with van der Waals surface area (Å²) in [5, 5.41) is 2.81. The lowest BCUT2D eigenvalue weighted by Crippen LogP contribution is -2.28. The van der Waals surface area contributed by atoms with Crippen LogP contribution in [0.1, 0.15) is 40.0 Å². The van der Waals surface area contributed by atoms with Gasteiger partial charge in [-0.25, -0.2) is 0 Å². The molecule has 0 atom stereocenters. The standard InChI is InChI=1S/C14H23NO/c1-4-5-6-7-8-9-10-11-12-14(16)15-13(2)3/h4-7,11-13H,8-10H2,1-3H3,(H,15,16). The van der Waals surface area contributed by atoms with Crippen molar-refractivity contribution < 1.29 is 4.79 Å². The van der Waals surface area contributed by atoms with Crippen LogP contribution in [-0.2, 0) is 4.79 Å². The second-order valence-corrected chi connectivity index (χ2v) is 3.95. The van der Waals surface area contributed by atoms with Crippen LogP contribution >= 0.6 is 0 Å². The van der Waals surface area contributed by atoms with Gasteiger partial charge in [-0.05, 0) is 46.1 Å². The van der Waals surface area contributed by atoms with Crippen LogP contribution in [0.3, 0.4) is 0 Å². The van der Waals surface area contributed by atoms with Gasteiger partial charge in [-0.2, -0.15) is 0 Å². The molecule has 2 nitrogen and oxygen atoms in total. The van der Waals surface area contributed by atoms with E-state index in [2.05, 4.69) is 17.5 Å². The molecule has 0 saturated heterocycles. The molecule has 1 N–H and O–H groups in total. The summed E-state index contributed by atoms with van der Waals surface area (Å²) in [4.78, 5) is 11.2. The minimum absolute atomic E-state index is 0.000501. The molecule has 0 radical (unpaired) electrons. The number of hydrogen-bond donors (Lipinski definition) is 1. The molecule has 0 aromatic heterocycles. The van der Waals surface area contributed by atoms with E-state index in [1.807, 2.05) is 39.0 Å². The van der Waals surface area contributed by atoms with Crippen molar-refractivity contribution in [1.29, 1.82) is 0 Å². The summed E-state index contributed by atoms with van der Waals surface area (Å²) >= 11 is 0. The Hall–Kier alpha value is -1.31. The van der Waals surface area contributed by atoms with Gasteiger partial charge in [0, 0.05) is 6.04 Å². The van der Waals surface area contributed by atoms with Gasteiger partial charge in [0.1, 0.15) is 0 Å². The summed E-state index contributed by atoms with van der Waals surface area (Å²) in [6.45, 7) is 5.91. The number of carbonyl (C=O) groups excluding carboxylic acids is 1. The Morgan fingerprint density at radius 1 is 1.19 bits per heavy atom. The highest BCUT2D eigenvalue weighted by Crippen LogP contribution is 1.98. The van der Waals surface area contributed by atoms with Crippen LogP contribution in [0.15, 0.2) is 36.5 Å². The smallest absolute Gasteiger partial charge is 0.243 e. The first-order valence-electron chi connectivity index (χ1n) is 5.91. The number of amides is 1. The molecule has 0 unspecified atom stereocenters. The van der Waals surface area contributed by atoms with Crippen LogP contribution in [0.2, 0.25) is 0 Å². The van der Waals surface area contributed by atoms with Crippen molar-refractivity contribution in [2.75, 3.05) is 0 Å². The van der Waals surface area contributed by atoms with E-state index in [0.717, 1.165) is 19.3 Å². The van der Waals surface area contributed by atoms with Crippen LogP contribution in [0.4, 0.5) is 0 Å². The third-order valence-corrected chi connectivity index (χ3v) is 1.88. The van der Waals surface area contributed by atoms with Crippen molar-refractivity contribution in [1.82, 2.24) is 5.32 Å². The van der Waals surface area contributed by atoms with Gasteiger partial charge in [-0.15, -0.1) is 0 Å². The molecular weight excluding hydrogens is 198 g/mol. The fourth-order valence-electron chi connectivity index (χ4n) is 1.16. The molecular formula is C14H23NO. The quantitative estimate of drug-likeness (QED) is 0.398. The summed E-state index contributed by atoms with van der Waals surface area (Å²) < 4.78 is 0. The molecule has 1 amide bonds. The largest absolute Gasteiger partial charge is 0.350 e.